The Balaban J connectivity index is 1.53. The van der Waals surface area contributed by atoms with Gasteiger partial charge in [-0.25, -0.2) is 0 Å². The van der Waals surface area contributed by atoms with Crippen LogP contribution in [0.25, 0.3) is 0 Å². The molecule has 2 saturated heterocycles. The van der Waals surface area contributed by atoms with E-state index in [1.165, 1.54) is 0 Å². The number of methoxy groups -OCH3 is 1. The first-order chi connectivity index (χ1) is 13.0. The van der Waals surface area contributed by atoms with Gasteiger partial charge in [-0.15, -0.1) is 0 Å². The number of hydrogen-bond acceptors (Lipinski definition) is 4. The quantitative estimate of drug-likeness (QED) is 0.760. The Morgan fingerprint density at radius 3 is 2.56 bits per heavy atom. The molecule has 2 aliphatic rings. The van der Waals surface area contributed by atoms with Gasteiger partial charge in [-0.1, -0.05) is 0 Å². The predicted octanol–water partition coefficient (Wildman–Crippen LogP) is 1.66. The normalized spacial score (nSPS) is 20.4. The van der Waals surface area contributed by atoms with Gasteiger partial charge >= 0.3 is 0 Å². The van der Waals surface area contributed by atoms with Gasteiger partial charge in [0.1, 0.15) is 12.3 Å². The molecule has 7 nitrogen and oxygen atoms in total. The molecule has 2 fully saturated rings. The van der Waals surface area contributed by atoms with Crippen LogP contribution in [0, 0.1) is 0 Å². The molecule has 2 heterocycles. The van der Waals surface area contributed by atoms with E-state index in [4.69, 9.17) is 4.74 Å². The van der Waals surface area contributed by atoms with Gasteiger partial charge in [-0.05, 0) is 44.0 Å². The molecule has 0 bridgehead atoms. The molecule has 1 aromatic carbocycles. The summed E-state index contributed by atoms with van der Waals surface area (Å²) in [6, 6.07) is 7.31. The fourth-order valence-electron chi connectivity index (χ4n) is 3.70. The summed E-state index contributed by atoms with van der Waals surface area (Å²) in [6.45, 7) is 3.95. The van der Waals surface area contributed by atoms with Gasteiger partial charge in [0.25, 0.3) is 0 Å². The first-order valence-electron chi connectivity index (χ1n) is 9.51. The minimum absolute atomic E-state index is 0.0168. The summed E-state index contributed by atoms with van der Waals surface area (Å²) in [5.74, 6) is 0.821. The summed E-state index contributed by atoms with van der Waals surface area (Å²) in [6.07, 6.45) is 2.53. The lowest BCUT2D eigenvalue weighted by Crippen LogP contribution is -2.57. The van der Waals surface area contributed by atoms with Crippen LogP contribution in [0.15, 0.2) is 24.3 Å². The van der Waals surface area contributed by atoms with Crippen LogP contribution in [0.3, 0.4) is 0 Å². The van der Waals surface area contributed by atoms with E-state index < -0.39 is 0 Å². The average molecular weight is 373 g/mol. The van der Waals surface area contributed by atoms with Gasteiger partial charge in [0.05, 0.1) is 7.11 Å². The summed E-state index contributed by atoms with van der Waals surface area (Å²) < 4.78 is 5.15. The van der Waals surface area contributed by atoms with Crippen LogP contribution in [0.1, 0.15) is 32.6 Å². The Kier molecular flexibility index (Phi) is 5.98. The zero-order chi connectivity index (χ0) is 19.4. The highest BCUT2D eigenvalue weighted by molar-refractivity contribution is 5.98. The van der Waals surface area contributed by atoms with Crippen molar-refractivity contribution < 1.29 is 19.1 Å². The Morgan fingerprint density at radius 1 is 1.19 bits per heavy atom. The zero-order valence-corrected chi connectivity index (χ0v) is 16.0. The summed E-state index contributed by atoms with van der Waals surface area (Å²) in [7, 11) is 1.60. The van der Waals surface area contributed by atoms with Crippen LogP contribution >= 0.6 is 0 Å². The zero-order valence-electron chi connectivity index (χ0n) is 16.0. The third-order valence-electron chi connectivity index (χ3n) is 5.28. The Bertz CT molecular complexity index is 704. The summed E-state index contributed by atoms with van der Waals surface area (Å²) >= 11 is 0. The maximum Gasteiger partial charge on any atom is 0.246 e. The van der Waals surface area contributed by atoms with Gasteiger partial charge in [0, 0.05) is 44.2 Å². The van der Waals surface area contributed by atoms with E-state index in [2.05, 4.69) is 0 Å². The van der Waals surface area contributed by atoms with Crippen molar-refractivity contribution in [3.63, 3.8) is 0 Å². The van der Waals surface area contributed by atoms with Crippen LogP contribution in [0.4, 0.5) is 5.69 Å². The van der Waals surface area contributed by atoms with Crippen LogP contribution in [-0.4, -0.2) is 66.9 Å². The fraction of sp³-hybridized carbons (Fsp3) is 0.550. The molecule has 1 atom stereocenters. The van der Waals surface area contributed by atoms with E-state index in [0.29, 0.717) is 32.4 Å². The molecule has 0 aromatic heterocycles. The third kappa shape index (κ3) is 4.40. The number of piperazine rings is 1. The smallest absolute Gasteiger partial charge is 0.246 e. The van der Waals surface area contributed by atoms with Gasteiger partial charge in [-0.2, -0.15) is 0 Å². The van der Waals surface area contributed by atoms with Crippen molar-refractivity contribution in [2.75, 3.05) is 38.2 Å². The lowest BCUT2D eigenvalue weighted by molar-refractivity contribution is -0.139. The lowest BCUT2D eigenvalue weighted by Gasteiger charge is -2.39. The van der Waals surface area contributed by atoms with Gasteiger partial charge in [-0.3, -0.25) is 14.4 Å². The fourth-order valence-corrected chi connectivity index (χ4v) is 3.70. The maximum atomic E-state index is 12.6. The number of anilines is 1. The number of nitrogens with zero attached hydrogens (tertiary/aromatic N) is 3. The molecule has 0 spiro atoms. The molecule has 0 aliphatic carbocycles. The minimum Gasteiger partial charge on any atom is -0.497 e. The van der Waals surface area contributed by atoms with E-state index in [0.717, 1.165) is 24.4 Å². The number of ether oxygens (including phenoxy) is 1. The van der Waals surface area contributed by atoms with Gasteiger partial charge < -0.3 is 19.4 Å². The van der Waals surface area contributed by atoms with Crippen molar-refractivity contribution in [1.29, 1.82) is 0 Å². The predicted molar refractivity (Wildman–Crippen MR) is 102 cm³/mol. The molecule has 1 aromatic rings. The summed E-state index contributed by atoms with van der Waals surface area (Å²) in [5, 5.41) is 0. The van der Waals surface area contributed by atoms with Crippen LogP contribution in [-0.2, 0) is 14.4 Å². The summed E-state index contributed by atoms with van der Waals surface area (Å²) in [5.41, 5.74) is 0.812. The Morgan fingerprint density at radius 2 is 1.93 bits per heavy atom. The molecule has 27 heavy (non-hydrogen) atoms. The number of hydrogen-bond donors (Lipinski definition) is 0. The molecule has 2 aliphatic heterocycles. The van der Waals surface area contributed by atoms with Crippen molar-refractivity contribution in [2.24, 2.45) is 0 Å². The second kappa shape index (κ2) is 8.41. The number of likely N-dealkylation sites (tertiary alicyclic amines) is 1. The molecular formula is C20H27N3O4. The topological polar surface area (TPSA) is 70.2 Å². The molecule has 3 rings (SSSR count). The molecule has 0 radical (unpaired) electrons. The van der Waals surface area contributed by atoms with Crippen LogP contribution in [0.2, 0.25) is 0 Å². The third-order valence-corrected chi connectivity index (χ3v) is 5.28. The van der Waals surface area contributed by atoms with Crippen molar-refractivity contribution in [3.8, 4) is 5.75 Å². The van der Waals surface area contributed by atoms with Gasteiger partial charge in [0.2, 0.25) is 17.7 Å². The highest BCUT2D eigenvalue weighted by atomic mass is 16.5. The average Bonchev–Trinajstić information content (AvgIpc) is 3.08. The molecule has 7 heteroatoms. The summed E-state index contributed by atoms with van der Waals surface area (Å²) in [4.78, 5) is 42.0. The highest BCUT2D eigenvalue weighted by Crippen LogP contribution is 2.23. The second-order valence-electron chi connectivity index (χ2n) is 7.16. The largest absolute Gasteiger partial charge is 0.497 e. The van der Waals surface area contributed by atoms with Crippen molar-refractivity contribution in [1.82, 2.24) is 9.80 Å². The van der Waals surface area contributed by atoms with Crippen LogP contribution < -0.4 is 9.64 Å². The molecule has 146 valence electrons. The number of amides is 3. The van der Waals surface area contributed by atoms with Gasteiger partial charge in [0.15, 0.2) is 0 Å². The Labute approximate surface area is 159 Å². The van der Waals surface area contributed by atoms with Crippen molar-refractivity contribution in [2.45, 2.75) is 38.6 Å². The monoisotopic (exact) mass is 373 g/mol. The minimum atomic E-state index is -0.0821. The van der Waals surface area contributed by atoms with Crippen LogP contribution in [0.5, 0.6) is 5.75 Å². The lowest BCUT2D eigenvalue weighted by atomic mass is 10.1. The maximum absolute atomic E-state index is 12.6. The van der Waals surface area contributed by atoms with E-state index in [9.17, 15) is 14.4 Å². The van der Waals surface area contributed by atoms with Crippen molar-refractivity contribution >= 4 is 23.4 Å². The molecule has 0 unspecified atom stereocenters. The molecule has 0 N–H and O–H groups in total. The SMILES string of the molecule is COc1ccc(N2C[C@@H](C)N(C(=O)CCCN3CCCC3=O)CC2=O)cc1. The number of carbonyl (C=O) groups excluding carboxylic acids is 3. The molecule has 3 amide bonds. The van der Waals surface area contributed by atoms with E-state index in [-0.39, 0.29) is 30.3 Å². The van der Waals surface area contributed by atoms with Crippen molar-refractivity contribution in [3.05, 3.63) is 24.3 Å². The molecular weight excluding hydrogens is 346 g/mol. The van der Waals surface area contributed by atoms with E-state index in [1.54, 1.807) is 16.9 Å². The highest BCUT2D eigenvalue weighted by Gasteiger charge is 2.33. The standard InChI is InChI=1S/C20H27N3O4/c1-15-13-23(16-7-9-17(27-2)10-8-16)20(26)14-22(15)19(25)6-4-12-21-11-3-5-18(21)24/h7-10,15H,3-6,11-14H2,1-2H3/t15-/m1/s1. The molecule has 0 saturated carbocycles. The first-order valence-corrected chi connectivity index (χ1v) is 9.51. The Hall–Kier alpha value is -2.57. The first kappa shape index (κ1) is 19.2. The number of carbonyl (C=O) groups is 3. The number of rotatable bonds is 6. The van der Waals surface area contributed by atoms with E-state index in [1.807, 2.05) is 36.1 Å². The van der Waals surface area contributed by atoms with E-state index >= 15 is 0 Å². The number of benzene rings is 1. The second-order valence-corrected chi connectivity index (χ2v) is 7.16.